The summed E-state index contributed by atoms with van der Waals surface area (Å²) < 4.78 is 5.74. The molecule has 0 radical (unpaired) electrons. The smallest absolute Gasteiger partial charge is 0.302 e. The monoisotopic (exact) mass is 388 g/mol. The van der Waals surface area contributed by atoms with Gasteiger partial charge in [-0.2, -0.15) is 0 Å². The minimum atomic E-state index is -0.574. The van der Waals surface area contributed by atoms with Crippen LogP contribution in [0.4, 0.5) is 0 Å². The number of ketones is 1. The summed E-state index contributed by atoms with van der Waals surface area (Å²) in [6.45, 7) is 13.0. The summed E-state index contributed by atoms with van der Waals surface area (Å²) in [5.41, 5.74) is -0.307. The largest absolute Gasteiger partial charge is 0.462 e. The zero-order valence-corrected chi connectivity index (χ0v) is 18.2. The molecule has 0 saturated heterocycles. The van der Waals surface area contributed by atoms with Crippen molar-refractivity contribution in [3.05, 3.63) is 12.2 Å². The predicted octanol–water partition coefficient (Wildman–Crippen LogP) is 4.30. The molecule has 156 valence electrons. The maximum absolute atomic E-state index is 12.6. The molecule has 4 rings (SSSR count). The van der Waals surface area contributed by atoms with Gasteiger partial charge in [0.25, 0.3) is 0 Å². The molecule has 0 spiro atoms. The first-order valence-corrected chi connectivity index (χ1v) is 11.0. The molecule has 0 amide bonds. The summed E-state index contributed by atoms with van der Waals surface area (Å²) >= 11 is 0. The van der Waals surface area contributed by atoms with E-state index in [9.17, 15) is 14.7 Å². The molecule has 0 heterocycles. The average Bonchev–Trinajstić information content (AvgIpc) is 2.90. The fourth-order valence-electron chi connectivity index (χ4n) is 8.38. The summed E-state index contributed by atoms with van der Waals surface area (Å²) in [5.74, 6) is 0.397. The van der Waals surface area contributed by atoms with Crippen molar-refractivity contribution in [2.45, 2.75) is 85.9 Å². The first kappa shape index (κ1) is 20.1. The molecule has 28 heavy (non-hydrogen) atoms. The van der Waals surface area contributed by atoms with Gasteiger partial charge in [-0.05, 0) is 60.8 Å². The predicted molar refractivity (Wildman–Crippen MR) is 107 cm³/mol. The Morgan fingerprint density at radius 1 is 1.11 bits per heavy atom. The first-order chi connectivity index (χ1) is 12.9. The summed E-state index contributed by atoms with van der Waals surface area (Å²) in [4.78, 5) is 24.2. The highest BCUT2D eigenvalue weighted by molar-refractivity contribution is 5.96. The van der Waals surface area contributed by atoms with Gasteiger partial charge < -0.3 is 9.84 Å². The van der Waals surface area contributed by atoms with Gasteiger partial charge >= 0.3 is 5.97 Å². The van der Waals surface area contributed by atoms with Crippen LogP contribution in [0.1, 0.15) is 73.6 Å². The number of hydrogen-bond acceptors (Lipinski definition) is 4. The summed E-state index contributed by atoms with van der Waals surface area (Å²) in [6.07, 6.45) is 7.91. The highest BCUT2D eigenvalue weighted by atomic mass is 16.5. The number of fused-ring (bicyclic) bond motifs is 5. The Morgan fingerprint density at radius 2 is 1.79 bits per heavy atom. The molecule has 3 unspecified atom stereocenters. The molecule has 0 aromatic carbocycles. The van der Waals surface area contributed by atoms with E-state index in [4.69, 9.17) is 4.74 Å². The molecule has 4 aliphatic rings. The van der Waals surface area contributed by atoms with Crippen LogP contribution in [-0.2, 0) is 14.3 Å². The van der Waals surface area contributed by atoms with Crippen molar-refractivity contribution in [2.24, 2.45) is 39.4 Å². The van der Waals surface area contributed by atoms with E-state index in [-0.39, 0.29) is 45.4 Å². The number of carbonyl (C=O) groups excluding carboxylic acids is 2. The standard InChI is InChI=1S/C24H36O4/c1-14(25)28-19-9-10-22(4)17(21(19,2)3)8-12-23(5)18(22)13-16(27)20-15(26)7-11-24(20,23)6/h7,11,16-20,27H,8-10,12-13H2,1-6H3/t16-,17?,18?,19+,20?,22+,23-,24-/m1/s1. The molecule has 0 aromatic rings. The van der Waals surface area contributed by atoms with Gasteiger partial charge in [0.05, 0.1) is 12.0 Å². The number of carbonyl (C=O) groups is 2. The van der Waals surface area contributed by atoms with Crippen LogP contribution < -0.4 is 0 Å². The van der Waals surface area contributed by atoms with Crippen LogP contribution in [0.5, 0.6) is 0 Å². The lowest BCUT2D eigenvalue weighted by Gasteiger charge is -2.69. The van der Waals surface area contributed by atoms with Crippen LogP contribution >= 0.6 is 0 Å². The lowest BCUT2D eigenvalue weighted by Crippen LogP contribution is -2.66. The van der Waals surface area contributed by atoms with Gasteiger partial charge in [0, 0.05) is 17.8 Å². The molecule has 3 fully saturated rings. The van der Waals surface area contributed by atoms with E-state index in [0.717, 1.165) is 25.7 Å². The maximum atomic E-state index is 12.6. The van der Waals surface area contributed by atoms with E-state index in [0.29, 0.717) is 18.3 Å². The number of ether oxygens (including phenoxy) is 1. The van der Waals surface area contributed by atoms with E-state index < -0.39 is 6.10 Å². The Bertz CT molecular complexity index is 739. The van der Waals surface area contributed by atoms with Crippen LogP contribution in [0.25, 0.3) is 0 Å². The maximum Gasteiger partial charge on any atom is 0.302 e. The topological polar surface area (TPSA) is 63.6 Å². The fraction of sp³-hybridized carbons (Fsp3) is 0.833. The van der Waals surface area contributed by atoms with Crippen molar-refractivity contribution in [3.8, 4) is 0 Å². The van der Waals surface area contributed by atoms with E-state index in [1.165, 1.54) is 6.92 Å². The molecular formula is C24H36O4. The Hall–Kier alpha value is -1.16. The van der Waals surface area contributed by atoms with Crippen LogP contribution in [0.2, 0.25) is 0 Å². The van der Waals surface area contributed by atoms with E-state index in [1.54, 1.807) is 6.08 Å². The molecule has 0 bridgehead atoms. The van der Waals surface area contributed by atoms with Gasteiger partial charge in [-0.25, -0.2) is 0 Å². The molecule has 4 nitrogen and oxygen atoms in total. The lowest BCUT2D eigenvalue weighted by atomic mass is 9.35. The number of allylic oxidation sites excluding steroid dienone is 2. The highest BCUT2D eigenvalue weighted by Crippen LogP contribution is 2.73. The average molecular weight is 389 g/mol. The Labute approximate surface area is 169 Å². The quantitative estimate of drug-likeness (QED) is 0.680. The molecule has 3 saturated carbocycles. The SMILES string of the molecule is CC(=O)O[C@H]1CC[C@@]2(C)C(CC[C@]3(C)C2C[C@@H](O)C2C(=O)C=C[C@]23C)C1(C)C. The second-order valence-corrected chi connectivity index (χ2v) is 11.3. The summed E-state index contributed by atoms with van der Waals surface area (Å²) in [6, 6.07) is 0. The minimum Gasteiger partial charge on any atom is -0.462 e. The van der Waals surface area contributed by atoms with Gasteiger partial charge in [-0.15, -0.1) is 0 Å². The van der Waals surface area contributed by atoms with Crippen LogP contribution in [-0.4, -0.2) is 29.1 Å². The normalized spacial score (nSPS) is 51.8. The third-order valence-corrected chi connectivity index (χ3v) is 9.93. The molecule has 1 N–H and O–H groups in total. The van der Waals surface area contributed by atoms with E-state index >= 15 is 0 Å². The number of rotatable bonds is 1. The number of aliphatic hydroxyl groups is 1. The third kappa shape index (κ3) is 2.33. The van der Waals surface area contributed by atoms with Gasteiger partial charge in [0.2, 0.25) is 0 Å². The second-order valence-electron chi connectivity index (χ2n) is 11.3. The number of aliphatic hydroxyl groups excluding tert-OH is 1. The first-order valence-electron chi connectivity index (χ1n) is 11.0. The molecule has 4 aliphatic carbocycles. The summed E-state index contributed by atoms with van der Waals surface area (Å²) in [5, 5.41) is 11.0. The van der Waals surface area contributed by atoms with Crippen LogP contribution in [0.3, 0.4) is 0 Å². The van der Waals surface area contributed by atoms with Gasteiger partial charge in [-0.3, -0.25) is 9.59 Å². The van der Waals surface area contributed by atoms with Crippen molar-refractivity contribution in [1.82, 2.24) is 0 Å². The van der Waals surface area contributed by atoms with Gasteiger partial charge in [-0.1, -0.05) is 40.7 Å². The minimum absolute atomic E-state index is 0.00481. The molecule has 4 heteroatoms. The lowest BCUT2D eigenvalue weighted by molar-refractivity contribution is -0.232. The van der Waals surface area contributed by atoms with Crippen LogP contribution in [0, 0.1) is 39.4 Å². The van der Waals surface area contributed by atoms with Crippen molar-refractivity contribution in [3.63, 3.8) is 0 Å². The van der Waals surface area contributed by atoms with Gasteiger partial charge in [0.15, 0.2) is 5.78 Å². The Morgan fingerprint density at radius 3 is 2.43 bits per heavy atom. The second kappa shape index (κ2) is 5.93. The Kier molecular flexibility index (Phi) is 4.26. The zero-order chi connectivity index (χ0) is 20.7. The Balaban J connectivity index is 1.74. The fourth-order valence-corrected chi connectivity index (χ4v) is 8.38. The highest BCUT2D eigenvalue weighted by Gasteiger charge is 2.69. The molecule has 0 aliphatic heterocycles. The molecule has 0 aromatic heterocycles. The summed E-state index contributed by atoms with van der Waals surface area (Å²) in [7, 11) is 0. The van der Waals surface area contributed by atoms with Gasteiger partial charge in [0.1, 0.15) is 6.10 Å². The van der Waals surface area contributed by atoms with Crippen molar-refractivity contribution in [1.29, 1.82) is 0 Å². The van der Waals surface area contributed by atoms with Crippen molar-refractivity contribution in [2.75, 3.05) is 0 Å². The molecular weight excluding hydrogens is 352 g/mol. The third-order valence-electron chi connectivity index (χ3n) is 9.93. The number of esters is 1. The molecule has 8 atom stereocenters. The van der Waals surface area contributed by atoms with Crippen LogP contribution in [0.15, 0.2) is 12.2 Å². The zero-order valence-electron chi connectivity index (χ0n) is 18.2. The van der Waals surface area contributed by atoms with Crippen molar-refractivity contribution < 1.29 is 19.4 Å². The van der Waals surface area contributed by atoms with E-state index in [2.05, 4.69) is 40.7 Å². The van der Waals surface area contributed by atoms with E-state index in [1.807, 2.05) is 0 Å². The number of hydrogen-bond donors (Lipinski definition) is 1. The van der Waals surface area contributed by atoms with Crippen molar-refractivity contribution >= 4 is 11.8 Å².